The van der Waals surface area contributed by atoms with Gasteiger partial charge in [0.15, 0.2) is 0 Å². The number of alkyl halides is 1. The Balaban J connectivity index is 2.39. The SMILES string of the molecule is Fc1ccc(C(Br)c2cc(Cl)c(Br)s2)c(Br)c1. The van der Waals surface area contributed by atoms with E-state index in [1.165, 1.54) is 12.1 Å². The molecule has 0 amide bonds. The summed E-state index contributed by atoms with van der Waals surface area (Å²) in [6, 6.07) is 6.54. The monoisotopic (exact) mass is 460 g/mol. The van der Waals surface area contributed by atoms with E-state index in [-0.39, 0.29) is 10.6 Å². The summed E-state index contributed by atoms with van der Waals surface area (Å²) < 4.78 is 14.6. The molecular formula is C11H5Br3ClFS. The molecule has 0 saturated carbocycles. The summed E-state index contributed by atoms with van der Waals surface area (Å²) in [5.74, 6) is -0.259. The Bertz CT molecular complexity index is 536. The first kappa shape index (κ1) is 14.0. The molecule has 0 radical (unpaired) electrons. The van der Waals surface area contributed by atoms with E-state index in [4.69, 9.17) is 11.6 Å². The molecule has 0 N–H and O–H groups in total. The summed E-state index contributed by atoms with van der Waals surface area (Å²) in [5.41, 5.74) is 0.969. The van der Waals surface area contributed by atoms with Crippen molar-refractivity contribution < 1.29 is 4.39 Å². The van der Waals surface area contributed by atoms with Gasteiger partial charge in [-0.05, 0) is 39.7 Å². The molecule has 1 aromatic heterocycles. The average Bonchev–Trinajstić information content (AvgIpc) is 2.58. The highest BCUT2D eigenvalue weighted by atomic mass is 79.9. The van der Waals surface area contributed by atoms with Crippen LogP contribution in [0.2, 0.25) is 5.02 Å². The Morgan fingerprint density at radius 2 is 1.94 bits per heavy atom. The van der Waals surface area contributed by atoms with E-state index < -0.39 is 0 Å². The van der Waals surface area contributed by atoms with Gasteiger partial charge < -0.3 is 0 Å². The Morgan fingerprint density at radius 1 is 1.24 bits per heavy atom. The van der Waals surface area contributed by atoms with E-state index in [1.807, 2.05) is 6.07 Å². The Morgan fingerprint density at radius 3 is 2.47 bits per heavy atom. The zero-order chi connectivity index (χ0) is 12.6. The minimum Gasteiger partial charge on any atom is -0.207 e. The lowest BCUT2D eigenvalue weighted by Crippen LogP contribution is -1.91. The van der Waals surface area contributed by atoms with Crippen molar-refractivity contribution in [1.82, 2.24) is 0 Å². The van der Waals surface area contributed by atoms with Crippen LogP contribution in [0, 0.1) is 5.82 Å². The van der Waals surface area contributed by atoms with Gasteiger partial charge in [0.2, 0.25) is 0 Å². The summed E-state index contributed by atoms with van der Waals surface area (Å²) in [4.78, 5) is 1.06. The zero-order valence-electron chi connectivity index (χ0n) is 8.18. The van der Waals surface area contributed by atoms with Crippen molar-refractivity contribution in [2.24, 2.45) is 0 Å². The van der Waals surface area contributed by atoms with E-state index in [2.05, 4.69) is 47.8 Å². The molecule has 0 spiro atoms. The molecule has 0 saturated heterocycles. The molecule has 90 valence electrons. The number of hydrogen-bond donors (Lipinski definition) is 0. The number of halogens is 5. The van der Waals surface area contributed by atoms with Crippen LogP contribution in [0.25, 0.3) is 0 Å². The lowest BCUT2D eigenvalue weighted by molar-refractivity contribution is 0.626. The molecule has 0 nitrogen and oxygen atoms in total. The second kappa shape index (κ2) is 5.70. The topological polar surface area (TPSA) is 0 Å². The van der Waals surface area contributed by atoms with E-state index in [0.29, 0.717) is 5.02 Å². The van der Waals surface area contributed by atoms with Gasteiger partial charge in [0, 0.05) is 9.35 Å². The summed E-state index contributed by atoms with van der Waals surface area (Å²) in [6.07, 6.45) is 0. The molecule has 2 rings (SSSR count). The van der Waals surface area contributed by atoms with Crippen molar-refractivity contribution in [3.8, 4) is 0 Å². The third-order valence-electron chi connectivity index (χ3n) is 2.15. The lowest BCUT2D eigenvalue weighted by Gasteiger charge is -2.10. The van der Waals surface area contributed by atoms with Gasteiger partial charge in [-0.1, -0.05) is 49.5 Å². The third kappa shape index (κ3) is 3.13. The maximum atomic E-state index is 13.0. The van der Waals surface area contributed by atoms with Gasteiger partial charge in [-0.25, -0.2) is 4.39 Å². The Labute approximate surface area is 133 Å². The fraction of sp³-hybridized carbons (Fsp3) is 0.0909. The fourth-order valence-corrected chi connectivity index (χ4v) is 4.79. The van der Waals surface area contributed by atoms with E-state index in [0.717, 1.165) is 18.7 Å². The van der Waals surface area contributed by atoms with Gasteiger partial charge in [0.25, 0.3) is 0 Å². The van der Waals surface area contributed by atoms with Gasteiger partial charge in [-0.3, -0.25) is 0 Å². The predicted octanol–water partition coefficient (Wildman–Crippen LogP) is 6.55. The van der Waals surface area contributed by atoms with E-state index in [1.54, 1.807) is 17.4 Å². The van der Waals surface area contributed by atoms with Gasteiger partial charge >= 0.3 is 0 Å². The van der Waals surface area contributed by atoms with E-state index >= 15 is 0 Å². The maximum absolute atomic E-state index is 13.0. The van der Waals surface area contributed by atoms with Crippen molar-refractivity contribution >= 4 is 70.7 Å². The van der Waals surface area contributed by atoms with Crippen LogP contribution in [-0.2, 0) is 0 Å². The molecule has 0 aliphatic carbocycles. The van der Waals surface area contributed by atoms with Gasteiger partial charge in [0.1, 0.15) is 5.82 Å². The van der Waals surface area contributed by atoms with Crippen molar-refractivity contribution in [3.05, 3.63) is 53.8 Å². The minimum atomic E-state index is -0.259. The molecule has 0 aliphatic heterocycles. The summed E-state index contributed by atoms with van der Waals surface area (Å²) in [5, 5.41) is 0.688. The molecular weight excluding hydrogens is 458 g/mol. The second-order valence-corrected chi connectivity index (χ2v) is 7.88. The van der Waals surface area contributed by atoms with Gasteiger partial charge in [-0.15, -0.1) is 11.3 Å². The highest BCUT2D eigenvalue weighted by Gasteiger charge is 2.17. The number of rotatable bonds is 2. The van der Waals surface area contributed by atoms with Crippen LogP contribution < -0.4 is 0 Å². The van der Waals surface area contributed by atoms with Crippen molar-refractivity contribution in [3.63, 3.8) is 0 Å². The minimum absolute atomic E-state index is 0.00808. The quantitative estimate of drug-likeness (QED) is 0.443. The van der Waals surface area contributed by atoms with Crippen molar-refractivity contribution in [2.45, 2.75) is 4.83 Å². The molecule has 1 unspecified atom stereocenters. The van der Waals surface area contributed by atoms with Crippen molar-refractivity contribution in [2.75, 3.05) is 0 Å². The summed E-state index contributed by atoms with van der Waals surface area (Å²) >= 11 is 17.9. The number of benzene rings is 1. The molecule has 0 bridgehead atoms. The highest BCUT2D eigenvalue weighted by Crippen LogP contribution is 2.43. The Kier molecular flexibility index (Phi) is 4.69. The average molecular weight is 463 g/mol. The molecule has 1 atom stereocenters. The van der Waals surface area contributed by atoms with Crippen LogP contribution in [0.1, 0.15) is 15.3 Å². The van der Waals surface area contributed by atoms with Gasteiger partial charge in [-0.2, -0.15) is 0 Å². The van der Waals surface area contributed by atoms with Crippen LogP contribution in [-0.4, -0.2) is 0 Å². The van der Waals surface area contributed by atoms with Crippen molar-refractivity contribution in [1.29, 1.82) is 0 Å². The molecule has 0 fully saturated rings. The number of thiophene rings is 1. The first-order valence-corrected chi connectivity index (χ1v) is 8.22. The van der Waals surface area contributed by atoms with Crippen LogP contribution in [0.3, 0.4) is 0 Å². The third-order valence-corrected chi connectivity index (χ3v) is 6.67. The largest absolute Gasteiger partial charge is 0.207 e. The molecule has 0 aliphatic rings. The first-order valence-electron chi connectivity index (χ1n) is 4.53. The smallest absolute Gasteiger partial charge is 0.124 e. The molecule has 6 heteroatoms. The van der Waals surface area contributed by atoms with Crippen LogP contribution in [0.15, 0.2) is 32.5 Å². The summed E-state index contributed by atoms with van der Waals surface area (Å²) in [7, 11) is 0. The maximum Gasteiger partial charge on any atom is 0.124 e. The van der Waals surface area contributed by atoms with Crippen LogP contribution in [0.5, 0.6) is 0 Å². The van der Waals surface area contributed by atoms with Gasteiger partial charge in [0.05, 0.1) is 13.6 Å². The molecule has 1 aromatic carbocycles. The summed E-state index contributed by atoms with van der Waals surface area (Å²) in [6.45, 7) is 0. The predicted molar refractivity (Wildman–Crippen MR) is 81.9 cm³/mol. The Hall–Kier alpha value is 0.580. The first-order chi connectivity index (χ1) is 7.99. The number of hydrogen-bond acceptors (Lipinski definition) is 1. The molecule has 1 heterocycles. The normalized spacial score (nSPS) is 12.8. The molecule has 17 heavy (non-hydrogen) atoms. The van der Waals surface area contributed by atoms with Crippen LogP contribution in [0.4, 0.5) is 4.39 Å². The second-order valence-electron chi connectivity index (χ2n) is 3.30. The van der Waals surface area contributed by atoms with E-state index in [9.17, 15) is 4.39 Å². The molecule has 2 aromatic rings. The standard InChI is InChI=1S/C11H5Br3ClFS/c12-7-3-5(16)1-2-6(7)10(13)9-4-8(15)11(14)17-9/h1-4,10H. The zero-order valence-corrected chi connectivity index (χ0v) is 14.5. The van der Waals surface area contributed by atoms with Crippen LogP contribution >= 0.6 is 70.7 Å². The lowest BCUT2D eigenvalue weighted by atomic mass is 10.1. The fourth-order valence-electron chi connectivity index (χ4n) is 1.35. The highest BCUT2D eigenvalue weighted by molar-refractivity contribution is 9.11.